The van der Waals surface area contributed by atoms with E-state index in [1.54, 1.807) is 0 Å². The van der Waals surface area contributed by atoms with Crippen LogP contribution in [-0.2, 0) is 0 Å². The molecule has 0 nitrogen and oxygen atoms in total. The van der Waals surface area contributed by atoms with E-state index in [0.29, 0.717) is 10.8 Å². The van der Waals surface area contributed by atoms with Crippen molar-refractivity contribution in [1.82, 2.24) is 0 Å². The fraction of sp³-hybridized carbons (Fsp3) is 1.00. The van der Waals surface area contributed by atoms with Gasteiger partial charge in [0.1, 0.15) is 0 Å². The minimum atomic E-state index is 0.627. The molecule has 0 N–H and O–H groups in total. The largest absolute Gasteiger partial charge is 0.0648 e. The molecule has 0 aromatic rings. The third-order valence-electron chi connectivity index (χ3n) is 4.74. The standard InChI is InChI=1S/C11H22/c1-6-10(4)8-9(3)11(10,5)7-2/h9H,6-8H2,1-5H3. The highest BCUT2D eigenvalue weighted by atomic mass is 14.6. The molecule has 0 heteroatoms. The molecule has 3 unspecified atom stereocenters. The van der Waals surface area contributed by atoms with E-state index in [4.69, 9.17) is 0 Å². The second-order valence-corrected chi connectivity index (χ2v) is 4.79. The van der Waals surface area contributed by atoms with Crippen molar-refractivity contribution in [1.29, 1.82) is 0 Å². The Morgan fingerprint density at radius 2 is 1.73 bits per heavy atom. The highest BCUT2D eigenvalue weighted by Gasteiger charge is 2.54. The van der Waals surface area contributed by atoms with Crippen molar-refractivity contribution in [2.24, 2.45) is 16.7 Å². The Labute approximate surface area is 71.4 Å². The molecule has 0 saturated heterocycles. The van der Waals surface area contributed by atoms with Crippen LogP contribution in [0.4, 0.5) is 0 Å². The minimum Gasteiger partial charge on any atom is -0.0648 e. The molecule has 0 amide bonds. The van der Waals surface area contributed by atoms with Gasteiger partial charge in [-0.25, -0.2) is 0 Å². The Kier molecular flexibility index (Phi) is 2.07. The fourth-order valence-corrected chi connectivity index (χ4v) is 2.92. The fourth-order valence-electron chi connectivity index (χ4n) is 2.92. The molecule has 11 heavy (non-hydrogen) atoms. The van der Waals surface area contributed by atoms with Gasteiger partial charge in [-0.3, -0.25) is 0 Å². The lowest BCUT2D eigenvalue weighted by molar-refractivity contribution is -0.118. The Bertz CT molecular complexity index is 150. The summed E-state index contributed by atoms with van der Waals surface area (Å²) < 4.78 is 0. The van der Waals surface area contributed by atoms with Crippen molar-refractivity contribution >= 4 is 0 Å². The van der Waals surface area contributed by atoms with Gasteiger partial charge in [-0.1, -0.05) is 41.0 Å². The van der Waals surface area contributed by atoms with Crippen molar-refractivity contribution in [3.05, 3.63) is 0 Å². The molecule has 1 rings (SSSR count). The van der Waals surface area contributed by atoms with Gasteiger partial charge < -0.3 is 0 Å². The summed E-state index contributed by atoms with van der Waals surface area (Å²) in [7, 11) is 0. The first kappa shape index (κ1) is 9.09. The van der Waals surface area contributed by atoms with Gasteiger partial charge in [-0.05, 0) is 29.6 Å². The van der Waals surface area contributed by atoms with Crippen molar-refractivity contribution in [3.63, 3.8) is 0 Å². The summed E-state index contributed by atoms with van der Waals surface area (Å²) in [6.45, 7) is 12.0. The van der Waals surface area contributed by atoms with Crippen molar-refractivity contribution in [2.45, 2.75) is 53.9 Å². The van der Waals surface area contributed by atoms with E-state index in [-0.39, 0.29) is 0 Å². The Morgan fingerprint density at radius 3 is 1.91 bits per heavy atom. The van der Waals surface area contributed by atoms with Crippen molar-refractivity contribution < 1.29 is 0 Å². The van der Waals surface area contributed by atoms with E-state index >= 15 is 0 Å². The summed E-state index contributed by atoms with van der Waals surface area (Å²) in [6, 6.07) is 0. The van der Waals surface area contributed by atoms with Crippen LogP contribution in [0.3, 0.4) is 0 Å². The van der Waals surface area contributed by atoms with Gasteiger partial charge in [0.2, 0.25) is 0 Å². The predicted octanol–water partition coefficient (Wildman–Crippen LogP) is 3.86. The predicted molar refractivity (Wildman–Crippen MR) is 50.6 cm³/mol. The van der Waals surface area contributed by atoms with Gasteiger partial charge in [0.05, 0.1) is 0 Å². The molecule has 1 fully saturated rings. The average molecular weight is 154 g/mol. The number of hydrogen-bond donors (Lipinski definition) is 0. The number of rotatable bonds is 2. The van der Waals surface area contributed by atoms with Crippen LogP contribution in [0.5, 0.6) is 0 Å². The highest BCUT2D eigenvalue weighted by molar-refractivity contribution is 5.04. The lowest BCUT2D eigenvalue weighted by Crippen LogP contribution is -2.53. The summed E-state index contributed by atoms with van der Waals surface area (Å²) in [5, 5.41) is 0. The molecular formula is C11H22. The second kappa shape index (κ2) is 2.50. The molecule has 66 valence electrons. The molecule has 0 aromatic heterocycles. The zero-order valence-corrected chi connectivity index (χ0v) is 8.70. The van der Waals surface area contributed by atoms with E-state index in [1.807, 2.05) is 0 Å². The molecule has 0 aromatic carbocycles. The van der Waals surface area contributed by atoms with Gasteiger partial charge in [0.15, 0.2) is 0 Å². The average Bonchev–Trinajstić information content (AvgIpc) is 2.02. The van der Waals surface area contributed by atoms with Crippen LogP contribution in [0.2, 0.25) is 0 Å². The van der Waals surface area contributed by atoms with Crippen LogP contribution in [0, 0.1) is 16.7 Å². The molecule has 1 aliphatic carbocycles. The molecule has 1 saturated carbocycles. The maximum Gasteiger partial charge on any atom is -0.0249 e. The van der Waals surface area contributed by atoms with Gasteiger partial charge in [0.25, 0.3) is 0 Å². The van der Waals surface area contributed by atoms with Crippen molar-refractivity contribution in [3.8, 4) is 0 Å². The molecular weight excluding hydrogens is 132 g/mol. The normalized spacial score (nSPS) is 50.5. The lowest BCUT2D eigenvalue weighted by atomic mass is 9.44. The Morgan fingerprint density at radius 1 is 1.18 bits per heavy atom. The van der Waals surface area contributed by atoms with E-state index in [2.05, 4.69) is 34.6 Å². The maximum absolute atomic E-state index is 2.46. The van der Waals surface area contributed by atoms with Gasteiger partial charge in [-0.2, -0.15) is 0 Å². The zero-order chi connectivity index (χ0) is 8.70. The quantitative estimate of drug-likeness (QED) is 0.566. The third-order valence-corrected chi connectivity index (χ3v) is 4.74. The van der Waals surface area contributed by atoms with E-state index in [0.717, 1.165) is 5.92 Å². The summed E-state index contributed by atoms with van der Waals surface area (Å²) in [5.74, 6) is 0.942. The SMILES string of the molecule is CCC1(C)CC(C)C1(C)CC. The van der Waals surface area contributed by atoms with Gasteiger partial charge >= 0.3 is 0 Å². The van der Waals surface area contributed by atoms with E-state index in [1.165, 1.54) is 19.3 Å². The van der Waals surface area contributed by atoms with Crippen LogP contribution < -0.4 is 0 Å². The van der Waals surface area contributed by atoms with Gasteiger partial charge in [-0.15, -0.1) is 0 Å². The van der Waals surface area contributed by atoms with Gasteiger partial charge in [0, 0.05) is 0 Å². The second-order valence-electron chi connectivity index (χ2n) is 4.79. The number of hydrogen-bond acceptors (Lipinski definition) is 0. The first-order chi connectivity index (χ1) is 5.00. The molecule has 0 radical (unpaired) electrons. The summed E-state index contributed by atoms with van der Waals surface area (Å²) in [6.07, 6.45) is 4.13. The molecule has 0 aliphatic heterocycles. The van der Waals surface area contributed by atoms with Crippen LogP contribution in [-0.4, -0.2) is 0 Å². The highest BCUT2D eigenvalue weighted by Crippen LogP contribution is 2.63. The molecule has 0 bridgehead atoms. The summed E-state index contributed by atoms with van der Waals surface area (Å²) in [5.41, 5.74) is 1.27. The molecule has 0 spiro atoms. The summed E-state index contributed by atoms with van der Waals surface area (Å²) in [4.78, 5) is 0. The molecule has 3 atom stereocenters. The van der Waals surface area contributed by atoms with Crippen LogP contribution in [0.25, 0.3) is 0 Å². The zero-order valence-electron chi connectivity index (χ0n) is 8.70. The van der Waals surface area contributed by atoms with Crippen LogP contribution >= 0.6 is 0 Å². The minimum absolute atomic E-state index is 0.627. The monoisotopic (exact) mass is 154 g/mol. The lowest BCUT2D eigenvalue weighted by Gasteiger charge is -2.61. The molecule has 1 aliphatic rings. The van der Waals surface area contributed by atoms with Crippen molar-refractivity contribution in [2.75, 3.05) is 0 Å². The molecule has 0 heterocycles. The van der Waals surface area contributed by atoms with Crippen LogP contribution in [0.15, 0.2) is 0 Å². The first-order valence-electron chi connectivity index (χ1n) is 5.00. The summed E-state index contributed by atoms with van der Waals surface area (Å²) >= 11 is 0. The first-order valence-corrected chi connectivity index (χ1v) is 5.00. The van der Waals surface area contributed by atoms with E-state index < -0.39 is 0 Å². The third kappa shape index (κ3) is 0.947. The van der Waals surface area contributed by atoms with E-state index in [9.17, 15) is 0 Å². The maximum atomic E-state index is 2.46. The smallest absolute Gasteiger partial charge is 0.0249 e. The topological polar surface area (TPSA) is 0 Å². The van der Waals surface area contributed by atoms with Crippen LogP contribution in [0.1, 0.15) is 53.9 Å². The Hall–Kier alpha value is 0. The Balaban J connectivity index is 2.75.